The van der Waals surface area contributed by atoms with Crippen molar-refractivity contribution < 1.29 is 0 Å². The van der Waals surface area contributed by atoms with E-state index in [2.05, 4.69) is 30.9 Å². The van der Waals surface area contributed by atoms with Crippen molar-refractivity contribution in [1.82, 2.24) is 5.32 Å². The summed E-state index contributed by atoms with van der Waals surface area (Å²) < 4.78 is 0. The van der Waals surface area contributed by atoms with E-state index in [-0.39, 0.29) is 0 Å². The summed E-state index contributed by atoms with van der Waals surface area (Å²) in [6, 6.07) is 0.744. The topological polar surface area (TPSA) is 12.0 Å². The van der Waals surface area contributed by atoms with Gasteiger partial charge in [0.2, 0.25) is 0 Å². The molecule has 12 heavy (non-hydrogen) atoms. The summed E-state index contributed by atoms with van der Waals surface area (Å²) in [5.74, 6) is 1.02. The average Bonchev–Trinajstić information content (AvgIpc) is 2.58. The number of thioether (sulfide) groups is 1. The molecule has 1 aliphatic heterocycles. The van der Waals surface area contributed by atoms with Crippen LogP contribution in [-0.2, 0) is 0 Å². The summed E-state index contributed by atoms with van der Waals surface area (Å²) in [5, 5.41) is 5.20. The normalized spacial score (nSPS) is 44.0. The number of hydrogen-bond acceptors (Lipinski definition) is 2. The summed E-state index contributed by atoms with van der Waals surface area (Å²) in [5.41, 5.74) is 0. The van der Waals surface area contributed by atoms with Gasteiger partial charge in [-0.3, -0.25) is 0 Å². The third-order valence-electron chi connectivity index (χ3n) is 3.22. The maximum Gasteiger partial charge on any atom is 0.0509 e. The highest BCUT2D eigenvalue weighted by atomic mass is 32.2. The zero-order valence-electron chi connectivity index (χ0n) is 8.05. The fourth-order valence-corrected chi connectivity index (χ4v) is 4.24. The van der Waals surface area contributed by atoms with Gasteiger partial charge in [0.05, 0.1) is 5.37 Å². The first kappa shape index (κ1) is 8.89. The van der Waals surface area contributed by atoms with Crippen molar-refractivity contribution in [3.63, 3.8) is 0 Å². The predicted molar refractivity (Wildman–Crippen MR) is 55.4 cm³/mol. The van der Waals surface area contributed by atoms with Gasteiger partial charge in [0.25, 0.3) is 0 Å². The fraction of sp³-hybridized carbons (Fsp3) is 1.00. The molecule has 2 fully saturated rings. The summed E-state index contributed by atoms with van der Waals surface area (Å²) >= 11 is 2.16. The molecule has 2 rings (SSSR count). The lowest BCUT2D eigenvalue weighted by atomic mass is 9.99. The van der Waals surface area contributed by atoms with Gasteiger partial charge in [0, 0.05) is 11.3 Å². The minimum Gasteiger partial charge on any atom is -0.302 e. The van der Waals surface area contributed by atoms with Crippen LogP contribution in [0.4, 0.5) is 0 Å². The standard InChI is InChI=1S/C10H19NS/c1-7-10(12-8(2)11-7)9-5-3-4-6-9/h7-11H,3-6H2,1-2H3. The van der Waals surface area contributed by atoms with E-state index >= 15 is 0 Å². The molecular weight excluding hydrogens is 166 g/mol. The molecule has 0 amide bonds. The van der Waals surface area contributed by atoms with Gasteiger partial charge >= 0.3 is 0 Å². The minimum absolute atomic E-state index is 0.686. The summed E-state index contributed by atoms with van der Waals surface area (Å²) in [6.07, 6.45) is 5.92. The molecule has 1 aliphatic carbocycles. The van der Waals surface area contributed by atoms with Crippen LogP contribution in [-0.4, -0.2) is 16.7 Å². The molecule has 0 aromatic rings. The van der Waals surface area contributed by atoms with Crippen molar-refractivity contribution >= 4 is 11.8 Å². The van der Waals surface area contributed by atoms with E-state index in [1.807, 2.05) is 0 Å². The zero-order valence-corrected chi connectivity index (χ0v) is 8.86. The third-order valence-corrected chi connectivity index (χ3v) is 4.87. The van der Waals surface area contributed by atoms with Crippen LogP contribution in [0.15, 0.2) is 0 Å². The van der Waals surface area contributed by atoms with Crippen LogP contribution in [0.5, 0.6) is 0 Å². The van der Waals surface area contributed by atoms with Crippen molar-refractivity contribution in [2.45, 2.75) is 56.2 Å². The Bertz CT molecular complexity index is 154. The second-order valence-electron chi connectivity index (χ2n) is 4.24. The fourth-order valence-electron chi connectivity index (χ4n) is 2.66. The van der Waals surface area contributed by atoms with E-state index < -0.39 is 0 Å². The van der Waals surface area contributed by atoms with Gasteiger partial charge < -0.3 is 5.32 Å². The second kappa shape index (κ2) is 3.59. The highest BCUT2D eigenvalue weighted by molar-refractivity contribution is 8.00. The van der Waals surface area contributed by atoms with Crippen molar-refractivity contribution in [3.8, 4) is 0 Å². The summed E-state index contributed by atoms with van der Waals surface area (Å²) in [7, 11) is 0. The van der Waals surface area contributed by atoms with E-state index in [1.165, 1.54) is 25.7 Å². The first-order valence-corrected chi connectivity index (χ1v) is 6.13. The Hall–Kier alpha value is 0.310. The van der Waals surface area contributed by atoms with Gasteiger partial charge in [-0.05, 0) is 32.6 Å². The second-order valence-corrected chi connectivity index (χ2v) is 5.77. The van der Waals surface area contributed by atoms with E-state index in [9.17, 15) is 0 Å². The van der Waals surface area contributed by atoms with Crippen molar-refractivity contribution in [3.05, 3.63) is 0 Å². The van der Waals surface area contributed by atoms with Gasteiger partial charge in [0.1, 0.15) is 0 Å². The lowest BCUT2D eigenvalue weighted by Crippen LogP contribution is -2.32. The summed E-state index contributed by atoms with van der Waals surface area (Å²) in [4.78, 5) is 0. The first-order valence-electron chi connectivity index (χ1n) is 5.19. The van der Waals surface area contributed by atoms with Crippen LogP contribution in [0.3, 0.4) is 0 Å². The van der Waals surface area contributed by atoms with Crippen LogP contribution in [0.2, 0.25) is 0 Å². The number of hydrogen-bond donors (Lipinski definition) is 1. The van der Waals surface area contributed by atoms with E-state index in [4.69, 9.17) is 0 Å². The SMILES string of the molecule is CC1NC(C)C(C2CCCC2)S1. The molecule has 2 heteroatoms. The monoisotopic (exact) mass is 185 g/mol. The Morgan fingerprint density at radius 2 is 1.83 bits per heavy atom. The van der Waals surface area contributed by atoms with Gasteiger partial charge in [-0.1, -0.05) is 12.8 Å². The highest BCUT2D eigenvalue weighted by Gasteiger charge is 2.35. The molecule has 0 aromatic heterocycles. The van der Waals surface area contributed by atoms with Crippen LogP contribution in [0.25, 0.3) is 0 Å². The van der Waals surface area contributed by atoms with Crippen molar-refractivity contribution in [2.24, 2.45) is 5.92 Å². The van der Waals surface area contributed by atoms with Crippen molar-refractivity contribution in [2.75, 3.05) is 0 Å². The molecule has 1 N–H and O–H groups in total. The molecule has 70 valence electrons. The number of nitrogens with one attached hydrogen (secondary N) is 1. The van der Waals surface area contributed by atoms with Gasteiger partial charge in [-0.25, -0.2) is 0 Å². The minimum atomic E-state index is 0.686. The van der Waals surface area contributed by atoms with E-state index in [0.717, 1.165) is 17.2 Å². The van der Waals surface area contributed by atoms with E-state index in [1.54, 1.807) is 0 Å². The van der Waals surface area contributed by atoms with Crippen molar-refractivity contribution in [1.29, 1.82) is 0 Å². The molecular formula is C10H19NS. The van der Waals surface area contributed by atoms with Crippen LogP contribution in [0, 0.1) is 5.92 Å². The largest absolute Gasteiger partial charge is 0.302 e. The molecule has 1 saturated carbocycles. The molecule has 0 bridgehead atoms. The molecule has 0 radical (unpaired) electrons. The Labute approximate surface area is 79.7 Å². The lowest BCUT2D eigenvalue weighted by molar-refractivity contribution is 0.444. The quantitative estimate of drug-likeness (QED) is 0.674. The smallest absolute Gasteiger partial charge is 0.0509 e. The van der Waals surface area contributed by atoms with Crippen LogP contribution in [0.1, 0.15) is 39.5 Å². The first-order chi connectivity index (χ1) is 5.77. The molecule has 1 heterocycles. The molecule has 3 atom stereocenters. The molecule has 3 unspecified atom stereocenters. The lowest BCUT2D eigenvalue weighted by Gasteiger charge is -2.20. The average molecular weight is 185 g/mol. The molecule has 2 aliphatic rings. The molecule has 0 spiro atoms. The van der Waals surface area contributed by atoms with Gasteiger partial charge in [0.15, 0.2) is 0 Å². The molecule has 1 saturated heterocycles. The van der Waals surface area contributed by atoms with Gasteiger partial charge in [-0.15, -0.1) is 11.8 Å². The van der Waals surface area contributed by atoms with Crippen LogP contribution < -0.4 is 5.32 Å². The maximum absolute atomic E-state index is 3.61. The predicted octanol–water partition coefficient (Wildman–Crippen LogP) is 2.62. The maximum atomic E-state index is 3.61. The van der Waals surface area contributed by atoms with Gasteiger partial charge in [-0.2, -0.15) is 0 Å². The third kappa shape index (κ3) is 1.64. The zero-order chi connectivity index (χ0) is 8.55. The highest BCUT2D eigenvalue weighted by Crippen LogP contribution is 2.40. The molecule has 1 nitrogen and oxygen atoms in total. The Morgan fingerprint density at radius 3 is 2.33 bits per heavy atom. The Kier molecular flexibility index (Phi) is 2.66. The Morgan fingerprint density at radius 1 is 1.17 bits per heavy atom. The summed E-state index contributed by atoms with van der Waals surface area (Å²) in [6.45, 7) is 4.63. The number of rotatable bonds is 1. The van der Waals surface area contributed by atoms with Crippen LogP contribution >= 0.6 is 11.8 Å². The molecule has 0 aromatic carbocycles. The Balaban J connectivity index is 1.94. The van der Waals surface area contributed by atoms with E-state index in [0.29, 0.717) is 5.37 Å².